The predicted octanol–water partition coefficient (Wildman–Crippen LogP) is 4.34. The Bertz CT molecular complexity index is 1060. The second-order valence-electron chi connectivity index (χ2n) is 6.77. The van der Waals surface area contributed by atoms with E-state index in [9.17, 15) is 13.6 Å². The molecule has 3 aromatic rings. The van der Waals surface area contributed by atoms with Crippen molar-refractivity contribution in [3.8, 4) is 0 Å². The molecule has 4 rings (SSSR count). The summed E-state index contributed by atoms with van der Waals surface area (Å²) in [6.45, 7) is 4.58. The van der Waals surface area contributed by atoms with E-state index >= 15 is 0 Å². The van der Waals surface area contributed by atoms with Crippen LogP contribution < -0.4 is 0 Å². The van der Waals surface area contributed by atoms with Gasteiger partial charge in [-0.1, -0.05) is 15.9 Å². The Kier molecular flexibility index (Phi) is 4.95. The van der Waals surface area contributed by atoms with Gasteiger partial charge in [-0.3, -0.25) is 4.68 Å². The Labute approximate surface area is 168 Å². The zero-order chi connectivity index (χ0) is 20.0. The van der Waals surface area contributed by atoms with Crippen LogP contribution in [0.4, 0.5) is 8.78 Å². The molecule has 0 aliphatic carbocycles. The molecule has 1 aliphatic rings. The minimum atomic E-state index is -2.66. The number of halogens is 3. The van der Waals surface area contributed by atoms with Crippen LogP contribution in [0.1, 0.15) is 48.3 Å². The molecule has 0 amide bonds. The maximum atomic E-state index is 13.6. The molecule has 1 aliphatic heterocycles. The van der Waals surface area contributed by atoms with Crippen molar-refractivity contribution in [3.63, 3.8) is 0 Å². The van der Waals surface area contributed by atoms with Crippen LogP contribution in [-0.2, 0) is 22.5 Å². The number of rotatable bonds is 5. The lowest BCUT2D eigenvalue weighted by Crippen LogP contribution is -2.25. The summed E-state index contributed by atoms with van der Waals surface area (Å²) in [7, 11) is 0. The highest BCUT2D eigenvalue weighted by Gasteiger charge is 2.33. The molecule has 148 valence electrons. The van der Waals surface area contributed by atoms with Gasteiger partial charge < -0.3 is 9.30 Å². The molecule has 1 atom stereocenters. The third-order valence-corrected chi connectivity index (χ3v) is 5.92. The predicted molar refractivity (Wildman–Crippen MR) is 102 cm³/mol. The van der Waals surface area contributed by atoms with Crippen LogP contribution in [0.5, 0.6) is 0 Å². The van der Waals surface area contributed by atoms with E-state index in [0.717, 1.165) is 30.6 Å². The summed E-state index contributed by atoms with van der Waals surface area (Å²) in [6.07, 6.45) is 2.33. The first-order valence-corrected chi connectivity index (χ1v) is 9.88. The van der Waals surface area contributed by atoms with Gasteiger partial charge in [-0.15, -0.1) is 0 Å². The average Bonchev–Trinajstić information content (AvgIpc) is 3.35. The Morgan fingerprint density at radius 2 is 2.21 bits per heavy atom. The Balaban J connectivity index is 1.91. The number of benzene rings is 1. The normalized spacial score (nSPS) is 14.6. The van der Waals surface area contributed by atoms with E-state index in [1.54, 1.807) is 20.2 Å². The maximum absolute atomic E-state index is 13.6. The summed E-state index contributed by atoms with van der Waals surface area (Å²) in [5.41, 5.74) is 2.56. The summed E-state index contributed by atoms with van der Waals surface area (Å²) in [5.74, 6) is -0.501. The number of imidazole rings is 1. The van der Waals surface area contributed by atoms with Gasteiger partial charge in [0.25, 0.3) is 6.43 Å². The van der Waals surface area contributed by atoms with Gasteiger partial charge in [0.05, 0.1) is 24.1 Å². The van der Waals surface area contributed by atoms with E-state index in [2.05, 4.69) is 26.0 Å². The Morgan fingerprint density at radius 1 is 1.43 bits per heavy atom. The van der Waals surface area contributed by atoms with E-state index in [4.69, 9.17) is 4.74 Å². The molecule has 1 unspecified atom stereocenters. The highest BCUT2D eigenvalue weighted by atomic mass is 79.9. The van der Waals surface area contributed by atoms with Crippen LogP contribution in [0, 0.1) is 6.92 Å². The first kappa shape index (κ1) is 19.0. The van der Waals surface area contributed by atoms with Crippen molar-refractivity contribution in [2.75, 3.05) is 6.61 Å². The standard InChI is InChI=1S/C19H19BrF2N4O2/c1-3-28-19(27)17(16-14-5-4-6-25(14)9-23-16)26-8-12-11(18(21)22)7-13(20)10(2)15(12)24-26/h7-9,17-18H,3-6H2,1-2H3. The molecule has 6 nitrogen and oxygen atoms in total. The number of hydrogen-bond donors (Lipinski definition) is 0. The number of fused-ring (bicyclic) bond motifs is 2. The number of nitrogens with zero attached hydrogens (tertiary/aromatic N) is 4. The summed E-state index contributed by atoms with van der Waals surface area (Å²) >= 11 is 3.33. The third kappa shape index (κ3) is 3.01. The van der Waals surface area contributed by atoms with Gasteiger partial charge in [-0.25, -0.2) is 18.6 Å². The molecule has 0 spiro atoms. The zero-order valence-corrected chi connectivity index (χ0v) is 17.0. The van der Waals surface area contributed by atoms with Crippen LogP contribution in [0.2, 0.25) is 0 Å². The summed E-state index contributed by atoms with van der Waals surface area (Å²) in [5, 5.41) is 4.82. The molecule has 0 radical (unpaired) electrons. The number of carbonyl (C=O) groups excluding carboxylic acids is 1. The smallest absolute Gasteiger partial charge is 0.337 e. The molecule has 0 bridgehead atoms. The molecular weight excluding hydrogens is 434 g/mol. The second-order valence-corrected chi connectivity index (χ2v) is 7.63. The fraction of sp³-hybridized carbons (Fsp3) is 0.421. The molecule has 3 heterocycles. The van der Waals surface area contributed by atoms with Crippen LogP contribution >= 0.6 is 15.9 Å². The summed E-state index contributed by atoms with van der Waals surface area (Å²) in [4.78, 5) is 17.2. The van der Waals surface area contributed by atoms with Crippen LogP contribution in [0.25, 0.3) is 10.9 Å². The molecule has 1 aromatic carbocycles. The van der Waals surface area contributed by atoms with Crippen molar-refractivity contribution in [1.29, 1.82) is 0 Å². The fourth-order valence-corrected chi connectivity index (χ4v) is 4.16. The molecule has 0 N–H and O–H groups in total. The maximum Gasteiger partial charge on any atom is 0.337 e. The van der Waals surface area contributed by atoms with Gasteiger partial charge in [0.15, 0.2) is 6.04 Å². The molecule has 0 saturated carbocycles. The summed E-state index contributed by atoms with van der Waals surface area (Å²) in [6, 6.07) is 0.493. The highest BCUT2D eigenvalue weighted by Crippen LogP contribution is 2.35. The first-order chi connectivity index (χ1) is 13.4. The number of ether oxygens (including phenoxy) is 1. The quantitative estimate of drug-likeness (QED) is 0.540. The number of alkyl halides is 2. The van der Waals surface area contributed by atoms with E-state index < -0.39 is 18.4 Å². The second kappa shape index (κ2) is 7.27. The largest absolute Gasteiger partial charge is 0.464 e. The van der Waals surface area contributed by atoms with Crippen LogP contribution in [0.3, 0.4) is 0 Å². The van der Waals surface area contributed by atoms with Gasteiger partial charge in [0.2, 0.25) is 0 Å². The average molecular weight is 453 g/mol. The topological polar surface area (TPSA) is 61.9 Å². The van der Waals surface area contributed by atoms with Gasteiger partial charge in [-0.05, 0) is 38.3 Å². The number of esters is 1. The van der Waals surface area contributed by atoms with Crippen LogP contribution in [-0.4, -0.2) is 31.9 Å². The molecule has 2 aromatic heterocycles. The Morgan fingerprint density at radius 3 is 2.93 bits per heavy atom. The first-order valence-electron chi connectivity index (χ1n) is 9.08. The SMILES string of the molecule is CCOC(=O)C(c1ncn2c1CCC2)n1cc2c(C(F)F)cc(Br)c(C)c2n1. The van der Waals surface area contributed by atoms with Crippen molar-refractivity contribution < 1.29 is 18.3 Å². The molecule has 0 saturated heterocycles. The molecule has 28 heavy (non-hydrogen) atoms. The minimum absolute atomic E-state index is 0.128. The van der Waals surface area contributed by atoms with Gasteiger partial charge in [0.1, 0.15) is 0 Å². The van der Waals surface area contributed by atoms with Gasteiger partial charge in [-0.2, -0.15) is 5.10 Å². The van der Waals surface area contributed by atoms with Crippen molar-refractivity contribution in [3.05, 3.63) is 45.6 Å². The molecule has 0 fully saturated rings. The number of hydrogen-bond acceptors (Lipinski definition) is 4. The van der Waals surface area contributed by atoms with Gasteiger partial charge in [0, 0.05) is 33.9 Å². The molecule has 9 heteroatoms. The number of carbonyl (C=O) groups is 1. The van der Waals surface area contributed by atoms with E-state index in [0.29, 0.717) is 21.1 Å². The van der Waals surface area contributed by atoms with E-state index in [1.807, 2.05) is 4.57 Å². The van der Waals surface area contributed by atoms with Crippen molar-refractivity contribution >= 4 is 32.8 Å². The lowest BCUT2D eigenvalue weighted by atomic mass is 10.1. The Hall–Kier alpha value is -2.29. The summed E-state index contributed by atoms with van der Waals surface area (Å²) < 4.78 is 36.4. The lowest BCUT2D eigenvalue weighted by Gasteiger charge is -2.15. The highest BCUT2D eigenvalue weighted by molar-refractivity contribution is 9.10. The third-order valence-electron chi connectivity index (χ3n) is 5.10. The van der Waals surface area contributed by atoms with Crippen molar-refractivity contribution in [2.45, 2.75) is 45.7 Å². The monoisotopic (exact) mass is 452 g/mol. The minimum Gasteiger partial charge on any atom is -0.464 e. The number of aromatic nitrogens is 4. The fourth-order valence-electron chi connectivity index (χ4n) is 3.73. The molecular formula is C19H19BrF2N4O2. The number of aryl methyl sites for hydroxylation is 2. The van der Waals surface area contributed by atoms with E-state index in [1.165, 1.54) is 16.9 Å². The van der Waals surface area contributed by atoms with E-state index in [-0.39, 0.29) is 12.2 Å². The van der Waals surface area contributed by atoms with Crippen LogP contribution in [0.15, 0.2) is 23.1 Å². The van der Waals surface area contributed by atoms with Crippen molar-refractivity contribution in [2.24, 2.45) is 0 Å². The van der Waals surface area contributed by atoms with Gasteiger partial charge >= 0.3 is 5.97 Å². The lowest BCUT2D eigenvalue weighted by molar-refractivity contribution is -0.146. The van der Waals surface area contributed by atoms with Crippen molar-refractivity contribution in [1.82, 2.24) is 19.3 Å². The zero-order valence-electron chi connectivity index (χ0n) is 15.5.